The Morgan fingerprint density at radius 2 is 1.83 bits per heavy atom. The molecule has 0 unspecified atom stereocenters. The van der Waals surface area contributed by atoms with Gasteiger partial charge < -0.3 is 0 Å². The number of aromatic nitrogens is 1. The minimum absolute atomic E-state index is 0.138. The molecule has 18 heavy (non-hydrogen) atoms. The third-order valence-electron chi connectivity index (χ3n) is 2.33. The van der Waals surface area contributed by atoms with Gasteiger partial charge in [0, 0.05) is 11.1 Å². The quantitative estimate of drug-likeness (QED) is 0.529. The van der Waals surface area contributed by atoms with E-state index < -0.39 is 5.82 Å². The van der Waals surface area contributed by atoms with E-state index >= 15 is 0 Å². The zero-order chi connectivity index (χ0) is 13.3. The smallest absolute Gasteiger partial charge is 0.139 e. The predicted molar refractivity (Wildman–Crippen MR) is 76.4 cm³/mol. The molecule has 0 spiro atoms. The Balaban J connectivity index is 2.72. The fraction of sp³-hybridized carbons (Fsp3) is 0.0833. The van der Waals surface area contributed by atoms with Crippen LogP contribution in [0, 0.1) is 5.82 Å². The summed E-state index contributed by atoms with van der Waals surface area (Å²) in [6, 6.07) is 6.04. The molecule has 0 saturated heterocycles. The second-order valence-electron chi connectivity index (χ2n) is 3.41. The van der Waals surface area contributed by atoms with E-state index in [0.717, 1.165) is 0 Å². The summed E-state index contributed by atoms with van der Waals surface area (Å²) in [5, 5.41) is 1.38. The van der Waals surface area contributed by atoms with Gasteiger partial charge in [-0.25, -0.2) is 9.37 Å². The highest BCUT2D eigenvalue weighted by atomic mass is 35.5. The van der Waals surface area contributed by atoms with E-state index in [2.05, 4.69) is 4.98 Å². The molecule has 2 rings (SSSR count). The average Bonchev–Trinajstić information content (AvgIpc) is 2.31. The summed E-state index contributed by atoms with van der Waals surface area (Å²) in [5.41, 5.74) is 0.494. The second kappa shape index (κ2) is 5.66. The summed E-state index contributed by atoms with van der Waals surface area (Å²) in [5.74, 6) is -0.481. The molecule has 0 bridgehead atoms. The largest absolute Gasteiger partial charge is 0.229 e. The number of hydrogen-bond donors (Lipinski definition) is 0. The maximum atomic E-state index is 13.8. The fourth-order valence-electron chi connectivity index (χ4n) is 1.53. The van der Waals surface area contributed by atoms with Gasteiger partial charge in [-0.15, -0.1) is 11.8 Å². The van der Waals surface area contributed by atoms with E-state index in [1.54, 1.807) is 12.1 Å². The van der Waals surface area contributed by atoms with Crippen molar-refractivity contribution in [2.45, 2.75) is 5.03 Å². The molecule has 6 heteroatoms. The Hall–Kier alpha value is -0.480. The number of rotatable bonds is 2. The van der Waals surface area contributed by atoms with E-state index in [0.29, 0.717) is 15.6 Å². The van der Waals surface area contributed by atoms with Crippen molar-refractivity contribution >= 4 is 46.6 Å². The molecule has 0 atom stereocenters. The van der Waals surface area contributed by atoms with E-state index in [9.17, 15) is 4.39 Å². The normalized spacial score (nSPS) is 10.7. The van der Waals surface area contributed by atoms with Gasteiger partial charge >= 0.3 is 0 Å². The number of pyridine rings is 1. The van der Waals surface area contributed by atoms with Gasteiger partial charge in [0.2, 0.25) is 0 Å². The summed E-state index contributed by atoms with van der Waals surface area (Å²) in [6.45, 7) is 0. The van der Waals surface area contributed by atoms with Gasteiger partial charge in [-0.1, -0.05) is 40.9 Å². The van der Waals surface area contributed by atoms with E-state index in [1.165, 1.54) is 23.9 Å². The van der Waals surface area contributed by atoms with Crippen LogP contribution in [0.25, 0.3) is 11.1 Å². The van der Waals surface area contributed by atoms with Crippen LogP contribution >= 0.6 is 46.6 Å². The first kappa shape index (κ1) is 13.9. The first-order valence-electron chi connectivity index (χ1n) is 4.89. The molecule has 1 aromatic heterocycles. The summed E-state index contributed by atoms with van der Waals surface area (Å²) in [4.78, 5) is 4.13. The van der Waals surface area contributed by atoms with Crippen molar-refractivity contribution in [1.82, 2.24) is 4.98 Å². The molecule has 94 valence electrons. The Labute approximate surface area is 123 Å². The number of nitrogens with zero attached hydrogens (tertiary/aromatic N) is 1. The zero-order valence-corrected chi connectivity index (χ0v) is 12.3. The highest BCUT2D eigenvalue weighted by molar-refractivity contribution is 7.98. The highest BCUT2D eigenvalue weighted by Crippen LogP contribution is 2.40. The summed E-state index contributed by atoms with van der Waals surface area (Å²) in [6.07, 6.45) is 1.85. The fourth-order valence-corrected chi connectivity index (χ4v) is 2.94. The lowest BCUT2D eigenvalue weighted by molar-refractivity contribution is 0.631. The Morgan fingerprint density at radius 1 is 1.11 bits per heavy atom. The molecule has 0 radical (unpaired) electrons. The van der Waals surface area contributed by atoms with Crippen LogP contribution in [-0.4, -0.2) is 11.2 Å². The van der Waals surface area contributed by atoms with Crippen LogP contribution in [0.3, 0.4) is 0 Å². The molecular formula is C12H7Cl3FNS. The molecule has 1 aromatic carbocycles. The molecule has 0 aliphatic rings. The SMILES string of the molecule is CSc1cc(Cl)c(-c2c(F)cccc2Cl)c(Cl)n1. The van der Waals surface area contributed by atoms with Gasteiger partial charge in [-0.3, -0.25) is 0 Å². The molecule has 0 fully saturated rings. The van der Waals surface area contributed by atoms with Crippen molar-refractivity contribution in [3.05, 3.63) is 45.3 Å². The van der Waals surface area contributed by atoms with Crippen LogP contribution in [-0.2, 0) is 0 Å². The molecule has 1 heterocycles. The van der Waals surface area contributed by atoms with Crippen molar-refractivity contribution in [2.75, 3.05) is 6.26 Å². The average molecular weight is 323 g/mol. The number of hydrogen-bond acceptors (Lipinski definition) is 2. The molecule has 0 aliphatic heterocycles. The molecular weight excluding hydrogens is 316 g/mol. The van der Waals surface area contributed by atoms with Crippen LogP contribution in [0.15, 0.2) is 29.3 Å². The highest BCUT2D eigenvalue weighted by Gasteiger charge is 2.18. The van der Waals surface area contributed by atoms with Gasteiger partial charge in [-0.2, -0.15) is 0 Å². The molecule has 0 aliphatic carbocycles. The zero-order valence-electron chi connectivity index (χ0n) is 9.18. The van der Waals surface area contributed by atoms with Gasteiger partial charge in [0.1, 0.15) is 11.0 Å². The molecule has 1 nitrogen and oxygen atoms in total. The lowest BCUT2D eigenvalue weighted by atomic mass is 10.1. The lowest BCUT2D eigenvalue weighted by Gasteiger charge is -2.10. The maximum Gasteiger partial charge on any atom is 0.139 e. The van der Waals surface area contributed by atoms with E-state index in [4.69, 9.17) is 34.8 Å². The third kappa shape index (κ3) is 2.59. The van der Waals surface area contributed by atoms with Gasteiger partial charge in [0.25, 0.3) is 0 Å². The standard InChI is InChI=1S/C12H7Cl3FNS/c1-18-9-5-7(14)11(12(15)17-9)10-6(13)3-2-4-8(10)16/h2-5H,1H3. The molecule has 0 N–H and O–H groups in total. The monoisotopic (exact) mass is 321 g/mol. The third-order valence-corrected chi connectivity index (χ3v) is 3.84. The van der Waals surface area contributed by atoms with Crippen LogP contribution in [0.2, 0.25) is 15.2 Å². The van der Waals surface area contributed by atoms with E-state index in [1.807, 2.05) is 6.26 Å². The van der Waals surface area contributed by atoms with Crippen molar-refractivity contribution in [1.29, 1.82) is 0 Å². The van der Waals surface area contributed by atoms with Crippen molar-refractivity contribution in [3.63, 3.8) is 0 Å². The van der Waals surface area contributed by atoms with Crippen LogP contribution in [0.4, 0.5) is 4.39 Å². The van der Waals surface area contributed by atoms with Crippen molar-refractivity contribution in [2.24, 2.45) is 0 Å². The Kier molecular flexibility index (Phi) is 4.38. The van der Waals surface area contributed by atoms with Crippen LogP contribution in [0.1, 0.15) is 0 Å². The topological polar surface area (TPSA) is 12.9 Å². The number of benzene rings is 1. The minimum Gasteiger partial charge on any atom is -0.229 e. The molecule has 0 amide bonds. The van der Waals surface area contributed by atoms with Gasteiger partial charge in [-0.05, 0) is 24.5 Å². The minimum atomic E-state index is -0.481. The summed E-state index contributed by atoms with van der Waals surface area (Å²) < 4.78 is 13.8. The van der Waals surface area contributed by atoms with Crippen molar-refractivity contribution in [3.8, 4) is 11.1 Å². The van der Waals surface area contributed by atoms with Crippen LogP contribution < -0.4 is 0 Å². The Morgan fingerprint density at radius 3 is 2.39 bits per heavy atom. The summed E-state index contributed by atoms with van der Waals surface area (Å²) >= 11 is 19.6. The number of halogens is 4. The summed E-state index contributed by atoms with van der Waals surface area (Å²) in [7, 11) is 0. The first-order chi connectivity index (χ1) is 8.54. The van der Waals surface area contributed by atoms with Crippen molar-refractivity contribution < 1.29 is 4.39 Å². The van der Waals surface area contributed by atoms with Crippen LogP contribution in [0.5, 0.6) is 0 Å². The van der Waals surface area contributed by atoms with Gasteiger partial charge in [0.15, 0.2) is 0 Å². The first-order valence-corrected chi connectivity index (χ1v) is 7.25. The molecule has 0 saturated carbocycles. The lowest BCUT2D eigenvalue weighted by Crippen LogP contribution is -1.92. The maximum absolute atomic E-state index is 13.8. The molecule has 2 aromatic rings. The predicted octanol–water partition coefficient (Wildman–Crippen LogP) is 5.57. The Bertz CT molecular complexity index is 561. The second-order valence-corrected chi connectivity index (χ2v) is 5.41. The van der Waals surface area contributed by atoms with Gasteiger partial charge in [0.05, 0.1) is 15.1 Å². The van der Waals surface area contributed by atoms with E-state index in [-0.39, 0.29) is 15.7 Å². The number of thioether (sulfide) groups is 1.